The highest BCUT2D eigenvalue weighted by atomic mass is 15.1. The van der Waals surface area contributed by atoms with Crippen LogP contribution in [0.3, 0.4) is 0 Å². The first-order chi connectivity index (χ1) is 5.22. The molecule has 0 spiro atoms. The van der Waals surface area contributed by atoms with Gasteiger partial charge < -0.3 is 4.90 Å². The number of rotatable bonds is 1. The average molecular weight is 147 g/mol. The largest absolute Gasteiger partial charge is 0.343 e. The SMILES string of the molecule is C=C(C)N1CC=CC=CC1=C. The fraction of sp³-hybridized carbons (Fsp3) is 0.200. The average Bonchev–Trinajstić information content (AvgIpc) is 2.13. The summed E-state index contributed by atoms with van der Waals surface area (Å²) in [5.74, 6) is 0. The van der Waals surface area contributed by atoms with E-state index in [1.807, 2.05) is 25.2 Å². The minimum absolute atomic E-state index is 0.876. The van der Waals surface area contributed by atoms with Crippen LogP contribution in [-0.4, -0.2) is 11.4 Å². The molecule has 0 bridgehead atoms. The van der Waals surface area contributed by atoms with Crippen molar-refractivity contribution in [1.29, 1.82) is 0 Å². The Morgan fingerprint density at radius 1 is 1.55 bits per heavy atom. The molecule has 0 amide bonds. The summed E-state index contributed by atoms with van der Waals surface area (Å²) in [6.07, 6.45) is 8.08. The third-order valence-corrected chi connectivity index (χ3v) is 1.63. The zero-order valence-electron chi connectivity index (χ0n) is 6.88. The van der Waals surface area contributed by atoms with Crippen LogP contribution >= 0.6 is 0 Å². The van der Waals surface area contributed by atoms with Gasteiger partial charge in [-0.15, -0.1) is 0 Å². The van der Waals surface area contributed by atoms with E-state index >= 15 is 0 Å². The first-order valence-electron chi connectivity index (χ1n) is 3.67. The van der Waals surface area contributed by atoms with Gasteiger partial charge in [-0.05, 0) is 13.0 Å². The van der Waals surface area contributed by atoms with Crippen molar-refractivity contribution >= 4 is 0 Å². The van der Waals surface area contributed by atoms with Gasteiger partial charge in [0.1, 0.15) is 0 Å². The second-order valence-electron chi connectivity index (χ2n) is 2.62. The molecule has 0 saturated carbocycles. The van der Waals surface area contributed by atoms with E-state index in [0.29, 0.717) is 0 Å². The van der Waals surface area contributed by atoms with Crippen LogP contribution in [0.5, 0.6) is 0 Å². The number of hydrogen-bond acceptors (Lipinski definition) is 1. The Labute approximate surface area is 68.0 Å². The monoisotopic (exact) mass is 147 g/mol. The van der Waals surface area contributed by atoms with Gasteiger partial charge in [0.25, 0.3) is 0 Å². The van der Waals surface area contributed by atoms with Gasteiger partial charge in [-0.1, -0.05) is 31.4 Å². The highest BCUT2D eigenvalue weighted by molar-refractivity contribution is 5.25. The van der Waals surface area contributed by atoms with E-state index < -0.39 is 0 Å². The number of nitrogens with zero attached hydrogens (tertiary/aromatic N) is 1. The van der Waals surface area contributed by atoms with Gasteiger partial charge in [-0.25, -0.2) is 0 Å². The molecule has 0 unspecified atom stereocenters. The lowest BCUT2D eigenvalue weighted by Crippen LogP contribution is -2.17. The van der Waals surface area contributed by atoms with E-state index in [4.69, 9.17) is 0 Å². The molecule has 0 aliphatic carbocycles. The predicted molar refractivity (Wildman–Crippen MR) is 48.9 cm³/mol. The molecule has 0 atom stereocenters. The third kappa shape index (κ3) is 1.84. The number of allylic oxidation sites excluding steroid dienone is 4. The molecule has 0 aromatic heterocycles. The second kappa shape index (κ2) is 3.24. The zero-order valence-corrected chi connectivity index (χ0v) is 6.88. The van der Waals surface area contributed by atoms with Gasteiger partial charge in [0.2, 0.25) is 0 Å². The molecule has 1 nitrogen and oxygen atoms in total. The second-order valence-corrected chi connectivity index (χ2v) is 2.62. The van der Waals surface area contributed by atoms with Crippen molar-refractivity contribution in [2.24, 2.45) is 0 Å². The summed E-state index contributed by atoms with van der Waals surface area (Å²) in [5, 5.41) is 0. The van der Waals surface area contributed by atoms with Crippen molar-refractivity contribution in [3.05, 3.63) is 48.9 Å². The molecule has 1 heteroatoms. The Morgan fingerprint density at radius 2 is 2.27 bits per heavy atom. The van der Waals surface area contributed by atoms with Gasteiger partial charge in [-0.3, -0.25) is 0 Å². The highest BCUT2D eigenvalue weighted by Crippen LogP contribution is 2.12. The molecule has 0 aromatic carbocycles. The smallest absolute Gasteiger partial charge is 0.0411 e. The lowest BCUT2D eigenvalue weighted by molar-refractivity contribution is 0.494. The fourth-order valence-electron chi connectivity index (χ4n) is 1.02. The summed E-state index contributed by atoms with van der Waals surface area (Å²) in [5.41, 5.74) is 2.04. The topological polar surface area (TPSA) is 3.24 Å². The van der Waals surface area contributed by atoms with Crippen molar-refractivity contribution < 1.29 is 0 Å². The van der Waals surface area contributed by atoms with Gasteiger partial charge in [-0.2, -0.15) is 0 Å². The predicted octanol–water partition coefficient (Wildman–Crippen LogP) is 2.46. The van der Waals surface area contributed by atoms with Crippen molar-refractivity contribution in [3.8, 4) is 0 Å². The van der Waals surface area contributed by atoms with Crippen molar-refractivity contribution in [3.63, 3.8) is 0 Å². The molecule has 0 N–H and O–H groups in total. The van der Waals surface area contributed by atoms with E-state index in [-0.39, 0.29) is 0 Å². The summed E-state index contributed by atoms with van der Waals surface area (Å²) in [6.45, 7) is 10.6. The standard InChI is InChI=1S/C10H13N/c1-9(2)11-8-6-4-5-7-10(11)3/h4-7H,1,3,8H2,2H3. The van der Waals surface area contributed by atoms with E-state index in [0.717, 1.165) is 17.9 Å². The Bertz CT molecular complexity index is 233. The normalized spacial score (nSPS) is 16.8. The Morgan fingerprint density at radius 3 is 2.91 bits per heavy atom. The fourth-order valence-corrected chi connectivity index (χ4v) is 1.02. The third-order valence-electron chi connectivity index (χ3n) is 1.63. The quantitative estimate of drug-likeness (QED) is 0.550. The Hall–Kier alpha value is -1.24. The Kier molecular flexibility index (Phi) is 2.32. The summed E-state index contributed by atoms with van der Waals surface area (Å²) < 4.78 is 0. The van der Waals surface area contributed by atoms with E-state index in [1.165, 1.54) is 0 Å². The van der Waals surface area contributed by atoms with Gasteiger partial charge in [0.15, 0.2) is 0 Å². The van der Waals surface area contributed by atoms with Crippen LogP contribution in [0, 0.1) is 0 Å². The van der Waals surface area contributed by atoms with Crippen LogP contribution in [0.2, 0.25) is 0 Å². The lowest BCUT2D eigenvalue weighted by Gasteiger charge is -2.22. The molecular formula is C10H13N. The maximum atomic E-state index is 3.92. The summed E-state index contributed by atoms with van der Waals surface area (Å²) in [7, 11) is 0. The maximum absolute atomic E-state index is 3.92. The molecule has 1 aliphatic heterocycles. The molecule has 11 heavy (non-hydrogen) atoms. The summed E-state index contributed by atoms with van der Waals surface area (Å²) >= 11 is 0. The van der Waals surface area contributed by atoms with E-state index in [2.05, 4.69) is 24.1 Å². The molecule has 0 fully saturated rings. The highest BCUT2D eigenvalue weighted by Gasteiger charge is 2.04. The first-order valence-corrected chi connectivity index (χ1v) is 3.67. The van der Waals surface area contributed by atoms with Crippen molar-refractivity contribution in [1.82, 2.24) is 4.90 Å². The summed E-state index contributed by atoms with van der Waals surface area (Å²) in [6, 6.07) is 0. The van der Waals surface area contributed by atoms with Gasteiger partial charge in [0, 0.05) is 17.9 Å². The first kappa shape index (κ1) is 7.86. The Balaban J connectivity index is 2.79. The molecule has 58 valence electrons. The van der Waals surface area contributed by atoms with Crippen LogP contribution in [0.25, 0.3) is 0 Å². The maximum Gasteiger partial charge on any atom is 0.0411 e. The molecular weight excluding hydrogens is 134 g/mol. The zero-order chi connectivity index (χ0) is 8.27. The van der Waals surface area contributed by atoms with Crippen LogP contribution in [0.15, 0.2) is 48.9 Å². The minimum atomic E-state index is 0.876. The minimum Gasteiger partial charge on any atom is -0.343 e. The van der Waals surface area contributed by atoms with Crippen LogP contribution in [0.1, 0.15) is 6.92 Å². The van der Waals surface area contributed by atoms with E-state index in [9.17, 15) is 0 Å². The number of hydrogen-bond donors (Lipinski definition) is 0. The molecule has 1 rings (SSSR count). The van der Waals surface area contributed by atoms with Crippen molar-refractivity contribution in [2.75, 3.05) is 6.54 Å². The molecule has 1 aliphatic rings. The van der Waals surface area contributed by atoms with Gasteiger partial charge >= 0.3 is 0 Å². The molecule has 0 radical (unpaired) electrons. The van der Waals surface area contributed by atoms with Gasteiger partial charge in [0.05, 0.1) is 0 Å². The van der Waals surface area contributed by atoms with Crippen LogP contribution < -0.4 is 0 Å². The lowest BCUT2D eigenvalue weighted by atomic mass is 10.3. The van der Waals surface area contributed by atoms with Crippen LogP contribution in [0.4, 0.5) is 0 Å². The molecule has 0 aromatic rings. The van der Waals surface area contributed by atoms with Crippen molar-refractivity contribution in [2.45, 2.75) is 6.92 Å². The van der Waals surface area contributed by atoms with E-state index in [1.54, 1.807) is 0 Å². The van der Waals surface area contributed by atoms with Crippen LogP contribution in [-0.2, 0) is 0 Å². The molecule has 1 heterocycles. The molecule has 0 saturated heterocycles. The summed E-state index contributed by atoms with van der Waals surface area (Å²) in [4.78, 5) is 2.07.